The highest BCUT2D eigenvalue weighted by molar-refractivity contribution is 5.83. The van der Waals surface area contributed by atoms with Crippen LogP contribution < -0.4 is 0 Å². The van der Waals surface area contributed by atoms with Gasteiger partial charge in [-0.05, 0) is 25.3 Å². The van der Waals surface area contributed by atoms with Crippen molar-refractivity contribution < 1.29 is 23.5 Å². The Kier molecular flexibility index (Phi) is 4.50. The van der Waals surface area contributed by atoms with Crippen molar-refractivity contribution in [3.63, 3.8) is 0 Å². The molecule has 1 saturated carbocycles. The summed E-state index contributed by atoms with van der Waals surface area (Å²) >= 11 is 0. The van der Waals surface area contributed by atoms with E-state index in [0.717, 1.165) is 5.56 Å². The summed E-state index contributed by atoms with van der Waals surface area (Å²) in [6.45, 7) is 2.02. The molecule has 1 aliphatic carbocycles. The molecule has 6 heteroatoms. The van der Waals surface area contributed by atoms with Crippen LogP contribution >= 0.6 is 0 Å². The molecule has 23 heavy (non-hydrogen) atoms. The van der Waals surface area contributed by atoms with Gasteiger partial charge in [-0.25, -0.2) is 14.0 Å². The molecule has 4 unspecified atom stereocenters. The molecule has 4 atom stereocenters. The largest absolute Gasteiger partial charge is 0.464 e. The van der Waals surface area contributed by atoms with E-state index < -0.39 is 30.2 Å². The van der Waals surface area contributed by atoms with Gasteiger partial charge in [0.2, 0.25) is 0 Å². The Hall–Kier alpha value is -2.11. The highest BCUT2D eigenvalue weighted by Gasteiger charge is 2.57. The van der Waals surface area contributed by atoms with E-state index >= 15 is 0 Å². The zero-order valence-corrected chi connectivity index (χ0v) is 13.0. The van der Waals surface area contributed by atoms with E-state index in [9.17, 15) is 14.0 Å². The number of amides is 1. The molecule has 124 valence electrons. The lowest BCUT2D eigenvalue weighted by molar-refractivity contribution is -0.151. The highest BCUT2D eigenvalue weighted by atomic mass is 19.1. The van der Waals surface area contributed by atoms with E-state index in [-0.39, 0.29) is 25.7 Å². The second kappa shape index (κ2) is 6.56. The molecule has 2 bridgehead atoms. The number of hydrogen-bond donors (Lipinski definition) is 0. The molecule has 1 aliphatic heterocycles. The van der Waals surface area contributed by atoms with E-state index in [4.69, 9.17) is 9.47 Å². The number of hydrogen-bond acceptors (Lipinski definition) is 4. The second-order valence-corrected chi connectivity index (χ2v) is 5.95. The third-order valence-corrected chi connectivity index (χ3v) is 4.55. The maximum atomic E-state index is 14.0. The molecule has 1 heterocycles. The van der Waals surface area contributed by atoms with E-state index in [1.54, 1.807) is 6.92 Å². The molecule has 2 fully saturated rings. The van der Waals surface area contributed by atoms with Crippen LogP contribution in [0.25, 0.3) is 0 Å². The van der Waals surface area contributed by atoms with E-state index in [1.165, 1.54) is 4.90 Å². The van der Waals surface area contributed by atoms with Crippen molar-refractivity contribution >= 4 is 12.1 Å². The van der Waals surface area contributed by atoms with Gasteiger partial charge >= 0.3 is 12.1 Å². The fourth-order valence-electron chi connectivity index (χ4n) is 3.55. The number of carbonyl (C=O) groups is 2. The highest BCUT2D eigenvalue weighted by Crippen LogP contribution is 2.45. The molecule has 1 aromatic carbocycles. The van der Waals surface area contributed by atoms with Crippen LogP contribution in [-0.4, -0.2) is 41.8 Å². The van der Waals surface area contributed by atoms with Crippen LogP contribution in [0.5, 0.6) is 0 Å². The summed E-state index contributed by atoms with van der Waals surface area (Å²) in [6, 6.07) is 8.14. The quantitative estimate of drug-likeness (QED) is 0.800. The van der Waals surface area contributed by atoms with Crippen LogP contribution in [-0.2, 0) is 20.9 Å². The number of ether oxygens (including phenoxy) is 2. The Labute approximate surface area is 134 Å². The summed E-state index contributed by atoms with van der Waals surface area (Å²) in [4.78, 5) is 25.9. The molecule has 0 radical (unpaired) electrons. The number of nitrogens with zero attached hydrogens (tertiary/aromatic N) is 1. The smallest absolute Gasteiger partial charge is 0.411 e. The standard InChI is InChI=1S/C17H20FNO4/c1-2-22-16(20)15-13-8-12(9-14(13)18)19(15)17(21)23-10-11-6-4-3-5-7-11/h3-7,12-15H,2,8-10H2,1H3. The molecular formula is C17H20FNO4. The van der Waals surface area contributed by atoms with Gasteiger partial charge in [0, 0.05) is 12.0 Å². The van der Waals surface area contributed by atoms with Crippen LogP contribution in [0.3, 0.4) is 0 Å². The van der Waals surface area contributed by atoms with Crippen molar-refractivity contribution in [2.45, 2.75) is 44.6 Å². The van der Waals surface area contributed by atoms with Crippen molar-refractivity contribution in [2.24, 2.45) is 5.92 Å². The van der Waals surface area contributed by atoms with E-state index in [0.29, 0.717) is 6.42 Å². The first kappa shape index (κ1) is 15.8. The number of benzene rings is 1. The predicted molar refractivity (Wildman–Crippen MR) is 80.3 cm³/mol. The molecule has 3 rings (SSSR count). The average Bonchev–Trinajstić information content (AvgIpc) is 3.10. The molecular weight excluding hydrogens is 301 g/mol. The molecule has 5 nitrogen and oxygen atoms in total. The summed E-state index contributed by atoms with van der Waals surface area (Å²) in [7, 11) is 0. The zero-order valence-electron chi connectivity index (χ0n) is 13.0. The Morgan fingerprint density at radius 1 is 1.22 bits per heavy atom. The van der Waals surface area contributed by atoms with Gasteiger partial charge in [0.05, 0.1) is 6.61 Å². The topological polar surface area (TPSA) is 55.8 Å². The molecule has 1 amide bonds. The summed E-state index contributed by atoms with van der Waals surface area (Å²) in [6.07, 6.45) is -0.884. The number of halogens is 1. The Balaban J connectivity index is 1.69. The van der Waals surface area contributed by atoms with Crippen LogP contribution in [0, 0.1) is 5.92 Å². The first-order valence-electron chi connectivity index (χ1n) is 7.91. The molecule has 0 spiro atoms. The van der Waals surface area contributed by atoms with Crippen LogP contribution in [0.2, 0.25) is 0 Å². The lowest BCUT2D eigenvalue weighted by Crippen LogP contribution is -2.52. The third kappa shape index (κ3) is 3.02. The second-order valence-electron chi connectivity index (χ2n) is 5.95. The maximum Gasteiger partial charge on any atom is 0.411 e. The maximum absolute atomic E-state index is 14.0. The summed E-state index contributed by atoms with van der Waals surface area (Å²) in [5.41, 5.74) is 0.862. The lowest BCUT2D eigenvalue weighted by atomic mass is 9.97. The van der Waals surface area contributed by atoms with Gasteiger partial charge < -0.3 is 9.47 Å². The minimum Gasteiger partial charge on any atom is -0.464 e. The van der Waals surface area contributed by atoms with Gasteiger partial charge in [-0.15, -0.1) is 0 Å². The molecule has 1 aromatic rings. The monoisotopic (exact) mass is 321 g/mol. The Morgan fingerprint density at radius 3 is 2.65 bits per heavy atom. The summed E-state index contributed by atoms with van der Waals surface area (Å²) < 4.78 is 24.3. The Morgan fingerprint density at radius 2 is 1.96 bits per heavy atom. The zero-order chi connectivity index (χ0) is 16.4. The summed E-state index contributed by atoms with van der Waals surface area (Å²) in [5, 5.41) is 0. The predicted octanol–water partition coefficient (Wildman–Crippen LogP) is 2.69. The van der Waals surface area contributed by atoms with Crippen LogP contribution in [0.4, 0.5) is 9.18 Å². The van der Waals surface area contributed by atoms with Gasteiger partial charge in [0.25, 0.3) is 0 Å². The van der Waals surface area contributed by atoms with E-state index in [2.05, 4.69) is 0 Å². The van der Waals surface area contributed by atoms with E-state index in [1.807, 2.05) is 30.3 Å². The number of esters is 1. The number of piperidine rings is 1. The SMILES string of the molecule is CCOC(=O)C1C2CC(CC2F)N1C(=O)OCc1ccccc1. The van der Waals surface area contributed by atoms with Gasteiger partial charge in [0.15, 0.2) is 0 Å². The number of fused-ring (bicyclic) bond motifs is 2. The number of alkyl halides is 1. The van der Waals surface area contributed by atoms with Crippen LogP contribution in [0.15, 0.2) is 30.3 Å². The minimum atomic E-state index is -1.06. The lowest BCUT2D eigenvalue weighted by Gasteiger charge is -2.34. The van der Waals surface area contributed by atoms with Crippen LogP contribution in [0.1, 0.15) is 25.3 Å². The first-order chi connectivity index (χ1) is 11.1. The molecule has 2 aliphatic rings. The number of rotatable bonds is 4. The van der Waals surface area contributed by atoms with Gasteiger partial charge in [-0.1, -0.05) is 30.3 Å². The van der Waals surface area contributed by atoms with Crippen molar-refractivity contribution in [2.75, 3.05) is 6.61 Å². The number of carbonyl (C=O) groups excluding carboxylic acids is 2. The van der Waals surface area contributed by atoms with Crippen molar-refractivity contribution in [1.82, 2.24) is 4.90 Å². The van der Waals surface area contributed by atoms with Crippen molar-refractivity contribution in [1.29, 1.82) is 0 Å². The van der Waals surface area contributed by atoms with Crippen molar-refractivity contribution in [3.05, 3.63) is 35.9 Å². The van der Waals surface area contributed by atoms with Gasteiger partial charge in [-0.2, -0.15) is 0 Å². The molecule has 0 aromatic heterocycles. The molecule has 0 N–H and O–H groups in total. The average molecular weight is 321 g/mol. The molecule has 1 saturated heterocycles. The minimum absolute atomic E-state index is 0.127. The van der Waals surface area contributed by atoms with Gasteiger partial charge in [-0.3, -0.25) is 4.90 Å². The Bertz CT molecular complexity index is 579. The van der Waals surface area contributed by atoms with Crippen molar-refractivity contribution in [3.8, 4) is 0 Å². The van der Waals surface area contributed by atoms with Gasteiger partial charge in [0.1, 0.15) is 18.8 Å². The normalized spacial score (nSPS) is 28.7. The number of likely N-dealkylation sites (tertiary alicyclic amines) is 1. The summed E-state index contributed by atoms with van der Waals surface area (Å²) in [5.74, 6) is -1.03. The fourth-order valence-corrected chi connectivity index (χ4v) is 3.55. The third-order valence-electron chi connectivity index (χ3n) is 4.55. The fraction of sp³-hybridized carbons (Fsp3) is 0.529. The first-order valence-corrected chi connectivity index (χ1v) is 7.91.